The number of carbonyl (C=O) groups is 1. The van der Waals surface area contributed by atoms with Crippen molar-refractivity contribution < 1.29 is 4.79 Å². The molecule has 156 valence electrons. The maximum atomic E-state index is 12.2. The number of likely N-dealkylation sites (N-methyl/N-ethyl adjacent to an activating group) is 1. The zero-order chi connectivity index (χ0) is 16.9. The first-order valence-electron chi connectivity index (χ1n) is 9.09. The molecular weight excluding hydrogens is 407 g/mol. The molecular formula is C19H33Cl3N4O. The van der Waals surface area contributed by atoms with Gasteiger partial charge in [-0.1, -0.05) is 31.2 Å². The predicted octanol–water partition coefficient (Wildman–Crippen LogP) is 2.17. The van der Waals surface area contributed by atoms with Crippen LogP contribution in [0.5, 0.6) is 0 Å². The SMILES string of the molecule is CC(C(=O)NCc1ccc(CN2CCN(C)CC2)cc1)C1CNC1.Cl.Cl.Cl. The third-order valence-corrected chi connectivity index (χ3v) is 5.43. The fraction of sp³-hybridized carbons (Fsp3) is 0.632. The molecule has 0 spiro atoms. The molecule has 1 aromatic rings. The van der Waals surface area contributed by atoms with Gasteiger partial charge in [0.2, 0.25) is 5.91 Å². The van der Waals surface area contributed by atoms with Crippen molar-refractivity contribution >= 4 is 43.1 Å². The van der Waals surface area contributed by atoms with E-state index in [-0.39, 0.29) is 49.0 Å². The highest BCUT2D eigenvalue weighted by Gasteiger charge is 2.28. The number of halogens is 3. The Labute approximate surface area is 181 Å². The van der Waals surface area contributed by atoms with Gasteiger partial charge in [-0.15, -0.1) is 37.2 Å². The van der Waals surface area contributed by atoms with Crippen LogP contribution in [0.15, 0.2) is 24.3 Å². The lowest BCUT2D eigenvalue weighted by Crippen LogP contribution is -2.49. The number of benzene rings is 1. The summed E-state index contributed by atoms with van der Waals surface area (Å²) in [7, 11) is 2.18. The predicted molar refractivity (Wildman–Crippen MR) is 118 cm³/mol. The highest BCUT2D eigenvalue weighted by atomic mass is 35.5. The molecule has 0 aliphatic carbocycles. The lowest BCUT2D eigenvalue weighted by atomic mass is 9.88. The molecule has 0 saturated carbocycles. The summed E-state index contributed by atoms with van der Waals surface area (Å²) in [5, 5.41) is 6.30. The average Bonchev–Trinajstić information content (AvgIpc) is 2.54. The molecule has 2 aliphatic rings. The summed E-state index contributed by atoms with van der Waals surface area (Å²) in [5.74, 6) is 0.765. The van der Waals surface area contributed by atoms with Gasteiger partial charge in [0.15, 0.2) is 0 Å². The number of carbonyl (C=O) groups excluding carboxylic acids is 1. The van der Waals surface area contributed by atoms with Crippen LogP contribution in [0.2, 0.25) is 0 Å². The highest BCUT2D eigenvalue weighted by molar-refractivity contribution is 5.86. The van der Waals surface area contributed by atoms with E-state index in [0.717, 1.165) is 45.8 Å². The van der Waals surface area contributed by atoms with E-state index in [4.69, 9.17) is 0 Å². The van der Waals surface area contributed by atoms with E-state index < -0.39 is 0 Å². The van der Waals surface area contributed by atoms with E-state index in [1.807, 2.05) is 6.92 Å². The zero-order valence-corrected chi connectivity index (χ0v) is 18.6. The van der Waals surface area contributed by atoms with E-state index in [1.165, 1.54) is 11.1 Å². The standard InChI is InChI=1S/C19H30N4O.3ClH/c1-15(18-12-20-13-18)19(24)21-11-16-3-5-17(6-4-16)14-23-9-7-22(2)8-10-23;;;/h3-6,15,18,20H,7-14H2,1-2H3,(H,21,24);3*1H. The first-order chi connectivity index (χ1) is 11.6. The van der Waals surface area contributed by atoms with Gasteiger partial charge < -0.3 is 15.5 Å². The minimum Gasteiger partial charge on any atom is -0.352 e. The van der Waals surface area contributed by atoms with Crippen molar-refractivity contribution in [1.82, 2.24) is 20.4 Å². The van der Waals surface area contributed by atoms with Gasteiger partial charge >= 0.3 is 0 Å². The Morgan fingerprint density at radius 3 is 2.15 bits per heavy atom. The first-order valence-corrected chi connectivity index (χ1v) is 9.09. The molecule has 1 aromatic carbocycles. The molecule has 1 atom stereocenters. The second kappa shape index (κ2) is 12.8. The molecule has 3 rings (SSSR count). The molecule has 0 aromatic heterocycles. The molecule has 2 heterocycles. The van der Waals surface area contributed by atoms with E-state index in [0.29, 0.717) is 12.5 Å². The summed E-state index contributed by atoms with van der Waals surface area (Å²) >= 11 is 0. The second-order valence-electron chi connectivity index (χ2n) is 7.32. The van der Waals surface area contributed by atoms with Crippen LogP contribution < -0.4 is 10.6 Å². The van der Waals surface area contributed by atoms with Gasteiger partial charge in [-0.3, -0.25) is 9.69 Å². The van der Waals surface area contributed by atoms with Gasteiger partial charge in [0.1, 0.15) is 0 Å². The van der Waals surface area contributed by atoms with E-state index in [9.17, 15) is 4.79 Å². The molecule has 0 bridgehead atoms. The maximum absolute atomic E-state index is 12.2. The number of hydrogen-bond acceptors (Lipinski definition) is 4. The first kappa shape index (κ1) is 26.4. The van der Waals surface area contributed by atoms with Crippen LogP contribution in [0.1, 0.15) is 18.1 Å². The smallest absolute Gasteiger partial charge is 0.223 e. The monoisotopic (exact) mass is 438 g/mol. The van der Waals surface area contributed by atoms with Crippen molar-refractivity contribution in [3.63, 3.8) is 0 Å². The van der Waals surface area contributed by atoms with Crippen molar-refractivity contribution in [2.24, 2.45) is 11.8 Å². The summed E-state index contributed by atoms with van der Waals surface area (Å²) < 4.78 is 0. The highest BCUT2D eigenvalue weighted by Crippen LogP contribution is 2.16. The van der Waals surface area contributed by atoms with Crippen LogP contribution >= 0.6 is 37.2 Å². The number of amides is 1. The van der Waals surface area contributed by atoms with Crippen LogP contribution in [0.4, 0.5) is 0 Å². The number of nitrogens with one attached hydrogen (secondary N) is 2. The summed E-state index contributed by atoms with van der Waals surface area (Å²) in [5.41, 5.74) is 2.52. The maximum Gasteiger partial charge on any atom is 0.223 e. The average molecular weight is 440 g/mol. The zero-order valence-electron chi connectivity index (χ0n) is 16.1. The molecule has 1 amide bonds. The molecule has 2 saturated heterocycles. The molecule has 0 radical (unpaired) electrons. The summed E-state index contributed by atoms with van der Waals surface area (Å²) in [6.07, 6.45) is 0. The van der Waals surface area contributed by atoms with Gasteiger partial charge in [-0.05, 0) is 37.2 Å². The normalized spacial score (nSPS) is 18.9. The number of rotatable bonds is 6. The third-order valence-electron chi connectivity index (χ3n) is 5.43. The lowest BCUT2D eigenvalue weighted by molar-refractivity contribution is -0.126. The van der Waals surface area contributed by atoms with Crippen LogP contribution in [0.3, 0.4) is 0 Å². The lowest BCUT2D eigenvalue weighted by Gasteiger charge is -2.32. The Morgan fingerprint density at radius 1 is 1.07 bits per heavy atom. The molecule has 2 N–H and O–H groups in total. The summed E-state index contributed by atoms with van der Waals surface area (Å²) in [4.78, 5) is 17.0. The van der Waals surface area contributed by atoms with Crippen molar-refractivity contribution in [2.75, 3.05) is 46.3 Å². The summed E-state index contributed by atoms with van der Waals surface area (Å²) in [6, 6.07) is 8.67. The van der Waals surface area contributed by atoms with Crippen LogP contribution in [-0.4, -0.2) is 62.0 Å². The van der Waals surface area contributed by atoms with Crippen molar-refractivity contribution in [3.8, 4) is 0 Å². The molecule has 5 nitrogen and oxygen atoms in total. The van der Waals surface area contributed by atoms with Crippen LogP contribution in [0, 0.1) is 11.8 Å². The Kier molecular flexibility index (Phi) is 12.5. The van der Waals surface area contributed by atoms with Gasteiger partial charge in [-0.2, -0.15) is 0 Å². The molecule has 1 unspecified atom stereocenters. The number of nitrogens with zero attached hydrogens (tertiary/aromatic N) is 2. The molecule has 2 fully saturated rings. The Morgan fingerprint density at radius 2 is 1.63 bits per heavy atom. The van der Waals surface area contributed by atoms with E-state index >= 15 is 0 Å². The van der Waals surface area contributed by atoms with Gasteiger partial charge in [0, 0.05) is 45.2 Å². The Hall–Kier alpha value is -0.560. The quantitative estimate of drug-likeness (QED) is 0.713. The minimum atomic E-state index is 0. The largest absolute Gasteiger partial charge is 0.352 e. The van der Waals surface area contributed by atoms with Crippen LogP contribution in [-0.2, 0) is 17.9 Å². The van der Waals surface area contributed by atoms with Gasteiger partial charge in [0.25, 0.3) is 0 Å². The Balaban J connectivity index is 0.00000225. The van der Waals surface area contributed by atoms with Crippen molar-refractivity contribution in [2.45, 2.75) is 20.0 Å². The number of piperazine rings is 1. The summed E-state index contributed by atoms with van der Waals surface area (Å²) in [6.45, 7) is 10.2. The fourth-order valence-electron chi connectivity index (χ4n) is 3.26. The van der Waals surface area contributed by atoms with E-state index in [2.05, 4.69) is 51.7 Å². The van der Waals surface area contributed by atoms with Gasteiger partial charge in [0.05, 0.1) is 0 Å². The fourth-order valence-corrected chi connectivity index (χ4v) is 3.26. The number of hydrogen-bond donors (Lipinski definition) is 2. The van der Waals surface area contributed by atoms with Crippen molar-refractivity contribution in [3.05, 3.63) is 35.4 Å². The third kappa shape index (κ3) is 7.76. The Bertz CT molecular complexity index is 546. The van der Waals surface area contributed by atoms with Crippen LogP contribution in [0.25, 0.3) is 0 Å². The minimum absolute atomic E-state index is 0. The second-order valence-corrected chi connectivity index (χ2v) is 7.32. The molecule has 27 heavy (non-hydrogen) atoms. The molecule has 2 aliphatic heterocycles. The van der Waals surface area contributed by atoms with Gasteiger partial charge in [-0.25, -0.2) is 0 Å². The van der Waals surface area contributed by atoms with Crippen molar-refractivity contribution in [1.29, 1.82) is 0 Å². The molecule has 8 heteroatoms. The topological polar surface area (TPSA) is 47.6 Å². The van der Waals surface area contributed by atoms with E-state index in [1.54, 1.807) is 0 Å².